The second-order valence-electron chi connectivity index (χ2n) is 9.80. The Morgan fingerprint density at radius 2 is 1.36 bits per heavy atom. The Morgan fingerprint density at radius 1 is 0.841 bits per heavy atom. The second kappa shape index (κ2) is 15.4. The van der Waals surface area contributed by atoms with E-state index in [0.29, 0.717) is 12.8 Å². The summed E-state index contributed by atoms with van der Waals surface area (Å²) in [7, 11) is -2.94. The lowest BCUT2D eigenvalue weighted by atomic mass is 9.73. The van der Waals surface area contributed by atoms with E-state index < -0.39 is 79.6 Å². The van der Waals surface area contributed by atoms with Crippen molar-refractivity contribution in [2.24, 2.45) is 5.92 Å². The van der Waals surface area contributed by atoms with Crippen LogP contribution in [-0.2, 0) is 38.1 Å². The molecule has 2 rings (SSSR count). The van der Waals surface area contributed by atoms with E-state index in [2.05, 4.69) is 25.3 Å². The Kier molecular flexibility index (Phi) is 12.6. The number of rotatable bonds is 12. The van der Waals surface area contributed by atoms with Crippen LogP contribution in [-0.4, -0.2) is 73.7 Å². The molecular weight excluding hydrogens is 609 g/mol. The molecule has 242 valence electrons. The van der Waals surface area contributed by atoms with Gasteiger partial charge in [0.25, 0.3) is 0 Å². The quantitative estimate of drug-likeness (QED) is 0.197. The van der Waals surface area contributed by atoms with Gasteiger partial charge in [-0.05, 0) is 31.2 Å². The van der Waals surface area contributed by atoms with Gasteiger partial charge in [-0.1, -0.05) is 43.2 Å². The van der Waals surface area contributed by atoms with Crippen LogP contribution < -0.4 is 21.3 Å². The molecule has 1 fully saturated rings. The molecule has 0 aliphatic heterocycles. The number of hydrogen-bond acceptors (Lipinski definition) is 8. The van der Waals surface area contributed by atoms with Crippen LogP contribution in [0.3, 0.4) is 0 Å². The number of carbonyl (C=O) groups excluding carboxylic acids is 6. The predicted molar refractivity (Wildman–Crippen MR) is 138 cm³/mol. The van der Waals surface area contributed by atoms with Crippen LogP contribution in [0.25, 0.3) is 0 Å². The van der Waals surface area contributed by atoms with Crippen LogP contribution in [0.15, 0.2) is 30.3 Å². The molecule has 0 spiro atoms. The van der Waals surface area contributed by atoms with Gasteiger partial charge in [-0.3, -0.25) is 19.2 Å². The zero-order valence-corrected chi connectivity index (χ0v) is 23.3. The molecule has 12 nitrogen and oxygen atoms in total. The van der Waals surface area contributed by atoms with E-state index in [4.69, 9.17) is 0 Å². The fourth-order valence-electron chi connectivity index (χ4n) is 4.29. The zero-order valence-electron chi connectivity index (χ0n) is 23.3. The summed E-state index contributed by atoms with van der Waals surface area (Å²) >= 11 is 0. The highest BCUT2D eigenvalue weighted by atomic mass is 19.4. The highest BCUT2D eigenvalue weighted by molar-refractivity contribution is 6.51. The van der Waals surface area contributed by atoms with Crippen molar-refractivity contribution in [2.45, 2.75) is 69.9 Å². The first-order valence-electron chi connectivity index (χ1n) is 13.1. The van der Waals surface area contributed by atoms with Crippen LogP contribution >= 0.6 is 0 Å². The number of hydrogen-bond donors (Lipinski definition) is 4. The third kappa shape index (κ3) is 11.1. The van der Waals surface area contributed by atoms with E-state index in [1.54, 1.807) is 0 Å². The minimum atomic E-state index is -5.71. The molecule has 19 heteroatoms. The number of nitrogens with one attached hydrogen (secondary N) is 4. The highest BCUT2D eigenvalue weighted by Gasteiger charge is 2.51. The molecule has 1 aromatic rings. The van der Waals surface area contributed by atoms with Crippen molar-refractivity contribution in [3.63, 3.8) is 0 Å². The molecule has 1 aliphatic rings. The molecule has 4 N–H and O–H groups in total. The molecule has 1 aromatic carbocycles. The Bertz CT molecular complexity index is 1180. The van der Waals surface area contributed by atoms with Crippen molar-refractivity contribution in [2.75, 3.05) is 6.54 Å². The van der Waals surface area contributed by atoms with Gasteiger partial charge in [0.2, 0.25) is 23.6 Å². The van der Waals surface area contributed by atoms with Crippen LogP contribution in [0.4, 0.5) is 26.3 Å². The molecule has 44 heavy (non-hydrogen) atoms. The Balaban J connectivity index is 2.15. The summed E-state index contributed by atoms with van der Waals surface area (Å²) in [4.78, 5) is 72.5. The Hall–Kier alpha value is -4.32. The summed E-state index contributed by atoms with van der Waals surface area (Å²) in [6.07, 6.45) is -8.35. The SMILES string of the molecule is CC(=O)N[C@H](C(=O)N[C@@H](C)C(=O)NCC(=O)NC(B(OC(=O)C(F)(F)F)OC(=O)C(F)(F)F)c1ccccc1)C1CCCC1. The van der Waals surface area contributed by atoms with Gasteiger partial charge in [0.15, 0.2) is 0 Å². The Labute approximate surface area is 247 Å². The van der Waals surface area contributed by atoms with Crippen LogP contribution in [0.1, 0.15) is 51.0 Å². The minimum absolute atomic E-state index is 0.152. The summed E-state index contributed by atoms with van der Waals surface area (Å²) in [5.74, 6) is -11.5. The molecule has 3 atom stereocenters. The fraction of sp³-hybridized carbons (Fsp3) is 0.520. The molecule has 0 saturated heterocycles. The van der Waals surface area contributed by atoms with Crippen LogP contribution in [0, 0.1) is 5.92 Å². The molecule has 1 aliphatic carbocycles. The van der Waals surface area contributed by atoms with Gasteiger partial charge in [-0.25, -0.2) is 9.59 Å². The number of amides is 4. The summed E-state index contributed by atoms with van der Waals surface area (Å²) in [5.41, 5.74) is -0.237. The summed E-state index contributed by atoms with van der Waals surface area (Å²) < 4.78 is 85.2. The van der Waals surface area contributed by atoms with E-state index in [1.807, 2.05) is 5.32 Å². The maximum Gasteiger partial charge on any atom is 0.627 e. The predicted octanol–water partition coefficient (Wildman–Crippen LogP) is 1.40. The van der Waals surface area contributed by atoms with Crippen molar-refractivity contribution >= 4 is 42.7 Å². The van der Waals surface area contributed by atoms with E-state index >= 15 is 0 Å². The standard InChI is InChI=1S/C25H29BF6N4O8/c1-13(34-21(40)18(35-14(2)37)15-8-6-7-9-15)20(39)33-12-17(38)36-19(16-10-4-3-5-11-16)26(43-22(41)24(27,28)29)44-23(42)25(30,31)32/h3-5,10-11,13,15,18-19H,6-9,12H2,1-2H3,(H,33,39)(H,34,40)(H,35,37)(H,36,38)/t13-,18-,19?/m0/s1. The summed E-state index contributed by atoms with van der Waals surface area (Å²) in [6, 6.07) is 4.03. The zero-order chi connectivity index (χ0) is 33.2. The molecule has 0 aromatic heterocycles. The lowest BCUT2D eigenvalue weighted by molar-refractivity contribution is -0.197. The van der Waals surface area contributed by atoms with Crippen molar-refractivity contribution < 1.29 is 64.4 Å². The average Bonchev–Trinajstić information content (AvgIpc) is 3.46. The number of benzene rings is 1. The van der Waals surface area contributed by atoms with Gasteiger partial charge in [-0.2, -0.15) is 26.3 Å². The van der Waals surface area contributed by atoms with Gasteiger partial charge in [0, 0.05) is 6.92 Å². The number of carbonyl (C=O) groups is 6. The lowest BCUT2D eigenvalue weighted by Crippen LogP contribution is -2.55. The van der Waals surface area contributed by atoms with Gasteiger partial charge >= 0.3 is 31.4 Å². The average molecular weight is 638 g/mol. The normalized spacial score (nSPS) is 15.6. The van der Waals surface area contributed by atoms with Gasteiger partial charge in [0.05, 0.1) is 6.54 Å². The molecule has 4 amide bonds. The van der Waals surface area contributed by atoms with Crippen molar-refractivity contribution in [3.05, 3.63) is 35.9 Å². The summed E-state index contributed by atoms with van der Waals surface area (Å²) in [6.45, 7) is 1.57. The second-order valence-corrected chi connectivity index (χ2v) is 9.80. The van der Waals surface area contributed by atoms with Crippen molar-refractivity contribution in [1.29, 1.82) is 0 Å². The molecule has 1 unspecified atom stereocenters. The molecular formula is C25H29BF6N4O8. The highest BCUT2D eigenvalue weighted by Crippen LogP contribution is 2.28. The molecule has 0 heterocycles. The molecule has 0 bridgehead atoms. The first-order chi connectivity index (χ1) is 20.4. The first-order valence-corrected chi connectivity index (χ1v) is 13.1. The topological polar surface area (TPSA) is 169 Å². The largest absolute Gasteiger partial charge is 0.627 e. The maximum atomic E-state index is 12.9. The lowest BCUT2D eigenvalue weighted by Gasteiger charge is -2.25. The smallest absolute Gasteiger partial charge is 0.491 e. The first kappa shape index (κ1) is 35.9. The van der Waals surface area contributed by atoms with E-state index in [1.165, 1.54) is 32.0 Å². The van der Waals surface area contributed by atoms with E-state index in [9.17, 15) is 55.1 Å². The van der Waals surface area contributed by atoms with Gasteiger partial charge in [-0.15, -0.1) is 0 Å². The van der Waals surface area contributed by atoms with E-state index in [0.717, 1.165) is 25.0 Å². The van der Waals surface area contributed by atoms with E-state index in [-0.39, 0.29) is 11.5 Å². The fourth-order valence-corrected chi connectivity index (χ4v) is 4.29. The monoisotopic (exact) mass is 638 g/mol. The third-order valence-corrected chi connectivity index (χ3v) is 6.34. The molecule has 1 saturated carbocycles. The maximum absolute atomic E-state index is 12.9. The number of alkyl halides is 6. The summed E-state index contributed by atoms with van der Waals surface area (Å²) in [5, 5.41) is 9.08. The molecule has 0 radical (unpaired) electrons. The Morgan fingerprint density at radius 3 is 1.84 bits per heavy atom. The number of halogens is 6. The van der Waals surface area contributed by atoms with Crippen molar-refractivity contribution in [1.82, 2.24) is 21.3 Å². The third-order valence-electron chi connectivity index (χ3n) is 6.34. The van der Waals surface area contributed by atoms with Crippen molar-refractivity contribution in [3.8, 4) is 0 Å². The minimum Gasteiger partial charge on any atom is -0.491 e. The van der Waals surface area contributed by atoms with Crippen LogP contribution in [0.5, 0.6) is 0 Å². The van der Waals surface area contributed by atoms with Gasteiger partial charge in [0.1, 0.15) is 18.0 Å². The van der Waals surface area contributed by atoms with Gasteiger partial charge < -0.3 is 30.6 Å². The van der Waals surface area contributed by atoms with Crippen LogP contribution in [0.2, 0.25) is 0 Å².